The maximum absolute atomic E-state index is 15.7. The van der Waals surface area contributed by atoms with Crippen molar-refractivity contribution in [1.82, 2.24) is 0 Å². The second-order valence-electron chi connectivity index (χ2n) is 8.98. The molecule has 2 aromatic carbocycles. The number of amides is 1. The number of para-hydroxylation sites is 1. The van der Waals surface area contributed by atoms with E-state index in [1.807, 2.05) is 37.3 Å². The molecule has 1 heterocycles. The number of allylic oxidation sites excluding steroid dienone is 1. The van der Waals surface area contributed by atoms with E-state index in [9.17, 15) is 4.79 Å². The number of carbonyl (C=O) groups excluding carboxylic acids is 1. The normalized spacial score (nSPS) is 21.0. The van der Waals surface area contributed by atoms with Gasteiger partial charge in [-0.3, -0.25) is 9.79 Å². The summed E-state index contributed by atoms with van der Waals surface area (Å²) < 4.78 is 22.0. The Bertz CT molecular complexity index is 1090. The molecule has 5 rings (SSSR count). The molecule has 2 fully saturated rings. The minimum atomic E-state index is -0.421. The zero-order chi connectivity index (χ0) is 22.2. The van der Waals surface area contributed by atoms with Gasteiger partial charge in [0.05, 0.1) is 11.7 Å². The number of benzene rings is 2. The largest absolute Gasteiger partial charge is 0.456 e. The predicted molar refractivity (Wildman–Crippen MR) is 125 cm³/mol. The fourth-order valence-corrected chi connectivity index (χ4v) is 4.27. The molecule has 3 aliphatic rings. The van der Waals surface area contributed by atoms with Gasteiger partial charge in [0.25, 0.3) is 0 Å². The lowest BCUT2D eigenvalue weighted by molar-refractivity contribution is -0.120. The second kappa shape index (κ2) is 8.41. The van der Waals surface area contributed by atoms with Gasteiger partial charge in [-0.05, 0) is 63.6 Å². The van der Waals surface area contributed by atoms with E-state index < -0.39 is 5.82 Å². The summed E-state index contributed by atoms with van der Waals surface area (Å²) in [6.45, 7) is 1.99. The van der Waals surface area contributed by atoms with Crippen molar-refractivity contribution >= 4 is 23.4 Å². The number of rotatable bonds is 6. The summed E-state index contributed by atoms with van der Waals surface area (Å²) in [7, 11) is 0. The smallest absolute Gasteiger partial charge is 0.230 e. The highest BCUT2D eigenvalue weighted by Gasteiger charge is 2.41. The number of halogens is 1. The van der Waals surface area contributed by atoms with Gasteiger partial charge in [0.2, 0.25) is 5.91 Å². The molecule has 166 valence electrons. The van der Waals surface area contributed by atoms with E-state index in [1.54, 1.807) is 11.1 Å². The maximum Gasteiger partial charge on any atom is 0.230 e. The summed E-state index contributed by atoms with van der Waals surface area (Å²) in [6, 6.07) is 11.1. The topological polar surface area (TPSA) is 67.9 Å². The minimum Gasteiger partial charge on any atom is -0.456 e. The molecule has 0 spiro atoms. The van der Waals surface area contributed by atoms with E-state index in [0.717, 1.165) is 37.7 Å². The highest BCUT2D eigenvalue weighted by molar-refractivity contribution is 6.11. The van der Waals surface area contributed by atoms with E-state index in [2.05, 4.69) is 4.99 Å². The monoisotopic (exact) mass is 433 g/mol. The molecule has 1 unspecified atom stereocenters. The third kappa shape index (κ3) is 4.01. The summed E-state index contributed by atoms with van der Waals surface area (Å²) in [6.07, 6.45) is 8.42. The van der Waals surface area contributed by atoms with Crippen LogP contribution in [0.5, 0.6) is 11.5 Å². The summed E-state index contributed by atoms with van der Waals surface area (Å²) in [5.74, 6) is 0.797. The van der Waals surface area contributed by atoms with Crippen molar-refractivity contribution < 1.29 is 13.9 Å². The minimum absolute atomic E-state index is 0.00569. The molecule has 2 aliphatic carbocycles. The van der Waals surface area contributed by atoms with Crippen LogP contribution in [0.15, 0.2) is 47.6 Å². The highest BCUT2D eigenvalue weighted by atomic mass is 19.1. The number of hydrogen-bond acceptors (Lipinski definition) is 4. The Morgan fingerprint density at radius 2 is 1.94 bits per heavy atom. The lowest BCUT2D eigenvalue weighted by Gasteiger charge is -2.37. The SMILES string of the molecule is CC1CCc2c(Oc3ccccc3)c(C(C=NC3CC3)=CN)cc(F)c2N1C(=O)C1CC1. The Balaban J connectivity index is 1.65. The third-order valence-corrected chi connectivity index (χ3v) is 6.38. The van der Waals surface area contributed by atoms with Crippen LogP contribution < -0.4 is 15.4 Å². The van der Waals surface area contributed by atoms with Crippen LogP contribution in [0.3, 0.4) is 0 Å². The average Bonchev–Trinajstić information content (AvgIpc) is 3.70. The molecule has 0 aromatic heterocycles. The van der Waals surface area contributed by atoms with Crippen LogP contribution in [-0.2, 0) is 11.2 Å². The highest BCUT2D eigenvalue weighted by Crippen LogP contribution is 2.46. The van der Waals surface area contributed by atoms with Crippen molar-refractivity contribution in [2.24, 2.45) is 16.6 Å². The van der Waals surface area contributed by atoms with Gasteiger partial charge in [0.1, 0.15) is 17.3 Å². The molecule has 32 heavy (non-hydrogen) atoms. The molecule has 2 aromatic rings. The Morgan fingerprint density at radius 1 is 1.19 bits per heavy atom. The molecule has 1 amide bonds. The van der Waals surface area contributed by atoms with Crippen LogP contribution in [0.25, 0.3) is 5.57 Å². The number of nitrogens with zero attached hydrogens (tertiary/aromatic N) is 2. The zero-order valence-electron chi connectivity index (χ0n) is 18.3. The summed E-state index contributed by atoms with van der Waals surface area (Å²) in [5.41, 5.74) is 8.19. The third-order valence-electron chi connectivity index (χ3n) is 6.38. The number of carbonyl (C=O) groups is 1. The van der Waals surface area contributed by atoms with Gasteiger partial charge in [-0.1, -0.05) is 18.2 Å². The van der Waals surface area contributed by atoms with Crippen LogP contribution in [0.4, 0.5) is 10.1 Å². The molecule has 5 nitrogen and oxygen atoms in total. The van der Waals surface area contributed by atoms with Gasteiger partial charge in [-0.2, -0.15) is 0 Å². The molecule has 0 saturated heterocycles. The quantitative estimate of drug-likeness (QED) is 0.635. The molecule has 0 radical (unpaired) electrons. The van der Waals surface area contributed by atoms with Gasteiger partial charge in [0, 0.05) is 41.1 Å². The van der Waals surface area contributed by atoms with Gasteiger partial charge in [-0.15, -0.1) is 0 Å². The second-order valence-corrected chi connectivity index (χ2v) is 8.98. The molecule has 2 saturated carbocycles. The van der Waals surface area contributed by atoms with E-state index in [-0.39, 0.29) is 17.9 Å². The Kier molecular flexibility index (Phi) is 5.45. The van der Waals surface area contributed by atoms with Gasteiger partial charge < -0.3 is 15.4 Å². The Hall–Kier alpha value is -3.15. The number of hydrogen-bond donors (Lipinski definition) is 1. The summed E-state index contributed by atoms with van der Waals surface area (Å²) >= 11 is 0. The van der Waals surface area contributed by atoms with Crippen molar-refractivity contribution in [3.63, 3.8) is 0 Å². The maximum atomic E-state index is 15.7. The number of nitrogens with two attached hydrogens (primary N) is 1. The fourth-order valence-electron chi connectivity index (χ4n) is 4.27. The van der Waals surface area contributed by atoms with Crippen LogP contribution in [-0.4, -0.2) is 24.2 Å². The average molecular weight is 434 g/mol. The summed E-state index contributed by atoms with van der Waals surface area (Å²) in [4.78, 5) is 19.3. The first-order valence-electron chi connectivity index (χ1n) is 11.4. The first-order valence-corrected chi connectivity index (χ1v) is 11.4. The lowest BCUT2D eigenvalue weighted by Crippen LogP contribution is -2.43. The van der Waals surface area contributed by atoms with E-state index >= 15 is 4.39 Å². The van der Waals surface area contributed by atoms with Crippen LogP contribution in [0.1, 0.15) is 50.2 Å². The van der Waals surface area contributed by atoms with Crippen molar-refractivity contribution in [2.75, 3.05) is 4.90 Å². The molecule has 1 atom stereocenters. The van der Waals surface area contributed by atoms with E-state index in [4.69, 9.17) is 10.5 Å². The number of ether oxygens (including phenoxy) is 1. The lowest BCUT2D eigenvalue weighted by atomic mass is 9.91. The molecule has 2 N–H and O–H groups in total. The molecule has 0 bridgehead atoms. The Morgan fingerprint density at radius 3 is 2.59 bits per heavy atom. The van der Waals surface area contributed by atoms with Gasteiger partial charge in [0.15, 0.2) is 0 Å². The summed E-state index contributed by atoms with van der Waals surface area (Å²) in [5, 5.41) is 0. The van der Waals surface area contributed by atoms with Crippen molar-refractivity contribution in [2.45, 2.75) is 57.5 Å². The van der Waals surface area contributed by atoms with Gasteiger partial charge >= 0.3 is 0 Å². The Labute approximate surface area is 187 Å². The molecular formula is C26H28FN3O2. The number of fused-ring (bicyclic) bond motifs is 1. The first kappa shape index (κ1) is 20.7. The zero-order valence-corrected chi connectivity index (χ0v) is 18.3. The molecular weight excluding hydrogens is 405 g/mol. The van der Waals surface area contributed by atoms with Crippen molar-refractivity contribution in [1.29, 1.82) is 0 Å². The van der Waals surface area contributed by atoms with Crippen LogP contribution in [0, 0.1) is 11.7 Å². The standard InChI is InChI=1S/C26H28FN3O2/c1-16-7-12-21-24(30(16)26(31)17-8-9-17)23(27)13-22(18(14-28)15-29-19-10-11-19)25(21)32-20-5-3-2-4-6-20/h2-6,13-17,19H,7-12,28H2,1H3. The van der Waals surface area contributed by atoms with E-state index in [1.165, 1.54) is 12.3 Å². The van der Waals surface area contributed by atoms with Crippen LogP contribution >= 0.6 is 0 Å². The first-order chi connectivity index (χ1) is 15.6. The number of aliphatic imine (C=N–C) groups is 1. The van der Waals surface area contributed by atoms with Gasteiger partial charge in [-0.25, -0.2) is 4.39 Å². The molecule has 1 aliphatic heterocycles. The number of anilines is 1. The molecule has 6 heteroatoms. The van der Waals surface area contributed by atoms with Crippen LogP contribution in [0.2, 0.25) is 0 Å². The van der Waals surface area contributed by atoms with Crippen molar-refractivity contribution in [3.05, 3.63) is 59.5 Å². The predicted octanol–water partition coefficient (Wildman–Crippen LogP) is 5.23. The van der Waals surface area contributed by atoms with E-state index in [0.29, 0.717) is 40.8 Å². The van der Waals surface area contributed by atoms with Crippen molar-refractivity contribution in [3.8, 4) is 11.5 Å². The fraction of sp³-hybridized carbons (Fsp3) is 0.385.